The Labute approximate surface area is 103 Å². The molecule has 1 aliphatic heterocycles. The molecule has 0 unspecified atom stereocenters. The maximum absolute atomic E-state index is 5.35. The van der Waals surface area contributed by atoms with E-state index in [1.807, 2.05) is 4.68 Å². The Hall–Kier alpha value is -1.10. The molecule has 2 rings (SSSR count). The van der Waals surface area contributed by atoms with Crippen LogP contribution in [0.4, 0.5) is 5.95 Å². The van der Waals surface area contributed by atoms with E-state index in [9.17, 15) is 0 Å². The summed E-state index contributed by atoms with van der Waals surface area (Å²) >= 11 is 0. The number of hydrogen-bond acceptors (Lipinski definition) is 4. The van der Waals surface area contributed by atoms with Crippen molar-refractivity contribution in [1.29, 1.82) is 0 Å². The van der Waals surface area contributed by atoms with Crippen molar-refractivity contribution >= 4 is 5.95 Å². The summed E-state index contributed by atoms with van der Waals surface area (Å²) in [5, 5.41) is 4.63. The predicted octanol–water partition coefficient (Wildman–Crippen LogP) is 1.82. The average Bonchev–Trinajstić information content (AvgIpc) is 2.75. The van der Waals surface area contributed by atoms with Crippen molar-refractivity contribution in [1.82, 2.24) is 14.8 Å². The van der Waals surface area contributed by atoms with E-state index in [1.54, 1.807) is 0 Å². The summed E-state index contributed by atoms with van der Waals surface area (Å²) in [5.74, 6) is 2.33. The number of morpholine rings is 1. The van der Waals surface area contributed by atoms with Crippen LogP contribution < -0.4 is 4.90 Å². The van der Waals surface area contributed by atoms with Crippen LogP contribution in [0.25, 0.3) is 0 Å². The Morgan fingerprint density at radius 2 is 1.76 bits per heavy atom. The molecule has 5 heteroatoms. The van der Waals surface area contributed by atoms with E-state index in [4.69, 9.17) is 4.74 Å². The maximum atomic E-state index is 5.35. The molecule has 96 valence electrons. The van der Waals surface area contributed by atoms with E-state index in [-0.39, 0.29) is 0 Å². The highest BCUT2D eigenvalue weighted by Crippen LogP contribution is 2.20. The van der Waals surface area contributed by atoms with Gasteiger partial charge in [0, 0.05) is 25.0 Å². The molecule has 0 amide bonds. The third-order valence-electron chi connectivity index (χ3n) is 2.95. The Morgan fingerprint density at radius 3 is 2.24 bits per heavy atom. The monoisotopic (exact) mass is 238 g/mol. The second-order valence-electron chi connectivity index (χ2n) is 5.06. The second-order valence-corrected chi connectivity index (χ2v) is 5.06. The van der Waals surface area contributed by atoms with Crippen molar-refractivity contribution in [2.75, 3.05) is 31.2 Å². The lowest BCUT2D eigenvalue weighted by atomic mass is 10.2. The molecular weight excluding hydrogens is 216 g/mol. The number of hydrogen-bond donors (Lipinski definition) is 0. The van der Waals surface area contributed by atoms with Crippen molar-refractivity contribution in [3.8, 4) is 0 Å². The van der Waals surface area contributed by atoms with E-state index in [2.05, 4.69) is 42.7 Å². The highest BCUT2D eigenvalue weighted by atomic mass is 16.5. The van der Waals surface area contributed by atoms with Gasteiger partial charge in [-0.2, -0.15) is 4.98 Å². The van der Waals surface area contributed by atoms with Crippen LogP contribution >= 0.6 is 0 Å². The van der Waals surface area contributed by atoms with E-state index in [0.29, 0.717) is 12.0 Å². The van der Waals surface area contributed by atoms with E-state index in [1.165, 1.54) is 0 Å². The first-order chi connectivity index (χ1) is 8.09. The fourth-order valence-electron chi connectivity index (χ4n) is 1.99. The summed E-state index contributed by atoms with van der Waals surface area (Å²) in [6, 6.07) is 0.356. The molecule has 1 fully saturated rings. The highest BCUT2D eigenvalue weighted by molar-refractivity contribution is 5.30. The van der Waals surface area contributed by atoms with Gasteiger partial charge in [-0.1, -0.05) is 13.8 Å². The Morgan fingerprint density at radius 1 is 1.12 bits per heavy atom. The minimum absolute atomic E-state index is 0.356. The van der Waals surface area contributed by atoms with Gasteiger partial charge in [0.05, 0.1) is 13.2 Å². The fraction of sp³-hybridized carbons (Fsp3) is 0.833. The Balaban J connectivity index is 2.26. The molecule has 2 heterocycles. The quantitative estimate of drug-likeness (QED) is 0.805. The maximum Gasteiger partial charge on any atom is 0.245 e. The van der Waals surface area contributed by atoms with E-state index in [0.717, 1.165) is 38.1 Å². The number of ether oxygens (including phenoxy) is 1. The Bertz CT molecular complexity index is 341. The molecule has 0 bridgehead atoms. The van der Waals surface area contributed by atoms with Gasteiger partial charge < -0.3 is 9.64 Å². The number of anilines is 1. The van der Waals surface area contributed by atoms with Gasteiger partial charge in [0.2, 0.25) is 5.95 Å². The van der Waals surface area contributed by atoms with Crippen LogP contribution in [0.1, 0.15) is 45.5 Å². The van der Waals surface area contributed by atoms with Crippen LogP contribution in [0.5, 0.6) is 0 Å². The van der Waals surface area contributed by atoms with Gasteiger partial charge in [-0.05, 0) is 13.8 Å². The van der Waals surface area contributed by atoms with Crippen LogP contribution in [-0.2, 0) is 4.74 Å². The fourth-order valence-corrected chi connectivity index (χ4v) is 1.99. The number of aromatic nitrogens is 3. The summed E-state index contributed by atoms with van der Waals surface area (Å²) in [5.41, 5.74) is 0. The van der Waals surface area contributed by atoms with Gasteiger partial charge in [-0.15, -0.1) is 5.10 Å². The zero-order valence-electron chi connectivity index (χ0n) is 11.2. The summed E-state index contributed by atoms with van der Waals surface area (Å²) in [7, 11) is 0. The molecule has 1 saturated heterocycles. The van der Waals surface area contributed by atoms with Crippen molar-refractivity contribution in [2.24, 2.45) is 0 Å². The highest BCUT2D eigenvalue weighted by Gasteiger charge is 2.20. The minimum atomic E-state index is 0.356. The number of rotatable bonds is 3. The van der Waals surface area contributed by atoms with Crippen LogP contribution in [0.2, 0.25) is 0 Å². The molecular formula is C12H22N4O. The molecule has 0 saturated carbocycles. The smallest absolute Gasteiger partial charge is 0.245 e. The van der Waals surface area contributed by atoms with Gasteiger partial charge >= 0.3 is 0 Å². The largest absolute Gasteiger partial charge is 0.378 e. The number of nitrogens with zero attached hydrogens (tertiary/aromatic N) is 4. The zero-order chi connectivity index (χ0) is 12.4. The van der Waals surface area contributed by atoms with Crippen molar-refractivity contribution in [2.45, 2.75) is 39.7 Å². The van der Waals surface area contributed by atoms with E-state index < -0.39 is 0 Å². The van der Waals surface area contributed by atoms with Crippen LogP contribution in [0, 0.1) is 0 Å². The first kappa shape index (κ1) is 12.4. The predicted molar refractivity (Wildman–Crippen MR) is 67.5 cm³/mol. The molecule has 5 nitrogen and oxygen atoms in total. The third kappa shape index (κ3) is 2.60. The molecule has 0 N–H and O–H groups in total. The van der Waals surface area contributed by atoms with Crippen LogP contribution in [-0.4, -0.2) is 41.1 Å². The lowest BCUT2D eigenvalue weighted by molar-refractivity contribution is 0.122. The molecule has 0 atom stereocenters. The van der Waals surface area contributed by atoms with Crippen LogP contribution in [0.15, 0.2) is 0 Å². The van der Waals surface area contributed by atoms with Crippen molar-refractivity contribution in [3.05, 3.63) is 5.82 Å². The van der Waals surface area contributed by atoms with Gasteiger partial charge in [-0.25, -0.2) is 4.68 Å². The van der Waals surface area contributed by atoms with Gasteiger partial charge in [0.15, 0.2) is 0 Å². The molecule has 1 aromatic heterocycles. The minimum Gasteiger partial charge on any atom is -0.378 e. The lowest BCUT2D eigenvalue weighted by Gasteiger charge is -2.25. The first-order valence-corrected chi connectivity index (χ1v) is 6.38. The van der Waals surface area contributed by atoms with Gasteiger partial charge in [0.1, 0.15) is 5.82 Å². The summed E-state index contributed by atoms with van der Waals surface area (Å²) in [6.07, 6.45) is 0. The second kappa shape index (κ2) is 5.04. The SMILES string of the molecule is CC(C)c1nc(N2CCOCC2)nn1C(C)C. The lowest BCUT2D eigenvalue weighted by Crippen LogP contribution is -2.37. The molecule has 1 aromatic rings. The Kier molecular flexibility index (Phi) is 3.66. The van der Waals surface area contributed by atoms with Crippen molar-refractivity contribution < 1.29 is 4.74 Å². The van der Waals surface area contributed by atoms with E-state index >= 15 is 0 Å². The van der Waals surface area contributed by atoms with Gasteiger partial charge in [-0.3, -0.25) is 0 Å². The standard InChI is InChI=1S/C12H22N4O/c1-9(2)11-13-12(14-16(11)10(3)4)15-5-7-17-8-6-15/h9-10H,5-8H2,1-4H3. The molecule has 0 radical (unpaired) electrons. The van der Waals surface area contributed by atoms with Gasteiger partial charge in [0.25, 0.3) is 0 Å². The molecule has 17 heavy (non-hydrogen) atoms. The summed E-state index contributed by atoms with van der Waals surface area (Å²) < 4.78 is 7.39. The average molecular weight is 238 g/mol. The normalized spacial score (nSPS) is 17.2. The summed E-state index contributed by atoms with van der Waals surface area (Å²) in [6.45, 7) is 11.9. The molecule has 0 aliphatic carbocycles. The third-order valence-corrected chi connectivity index (χ3v) is 2.95. The summed E-state index contributed by atoms with van der Waals surface area (Å²) in [4.78, 5) is 6.88. The van der Waals surface area contributed by atoms with Crippen molar-refractivity contribution in [3.63, 3.8) is 0 Å². The first-order valence-electron chi connectivity index (χ1n) is 6.38. The topological polar surface area (TPSA) is 43.2 Å². The molecule has 1 aliphatic rings. The molecule has 0 spiro atoms. The molecule has 0 aromatic carbocycles. The zero-order valence-corrected chi connectivity index (χ0v) is 11.2. The van der Waals surface area contributed by atoms with Crippen LogP contribution in [0.3, 0.4) is 0 Å².